The van der Waals surface area contributed by atoms with E-state index in [1.165, 1.54) is 6.07 Å². The summed E-state index contributed by atoms with van der Waals surface area (Å²) >= 11 is 3.04. The molecule has 0 aliphatic carbocycles. The molecule has 0 aliphatic rings. The predicted molar refractivity (Wildman–Crippen MR) is 43.6 cm³/mol. The molecule has 0 bridgehead atoms. The number of hydrogen-bond donors (Lipinski definition) is 2. The van der Waals surface area contributed by atoms with Crippen molar-refractivity contribution in [1.82, 2.24) is 0 Å². The van der Waals surface area contributed by atoms with Crippen molar-refractivity contribution in [3.8, 4) is 0 Å². The number of halogens is 1. The van der Waals surface area contributed by atoms with Gasteiger partial charge in [0, 0.05) is 0 Å². The molecule has 0 fully saturated rings. The van der Waals surface area contributed by atoms with Gasteiger partial charge >= 0.3 is 5.97 Å². The summed E-state index contributed by atoms with van der Waals surface area (Å²) in [4.78, 5) is 10.2. The highest BCUT2D eigenvalue weighted by Gasteiger charge is 2.15. The van der Waals surface area contributed by atoms with Crippen molar-refractivity contribution < 1.29 is 19.4 Å². The largest absolute Gasteiger partial charge is 0.481 e. The van der Waals surface area contributed by atoms with E-state index in [0.717, 1.165) is 0 Å². The summed E-state index contributed by atoms with van der Waals surface area (Å²) in [6.07, 6.45) is -1.42. The molecule has 0 saturated carbocycles. The number of rotatable bonds is 3. The lowest BCUT2D eigenvalue weighted by atomic mass is 10.2. The highest BCUT2D eigenvalue weighted by molar-refractivity contribution is 9.10. The maximum atomic E-state index is 10.2. The normalized spacial score (nSPS) is 12.8. The topological polar surface area (TPSA) is 70.7 Å². The lowest BCUT2D eigenvalue weighted by Crippen LogP contribution is -2.04. The Kier molecular flexibility index (Phi) is 2.88. The maximum Gasteiger partial charge on any atom is 0.306 e. The summed E-state index contributed by atoms with van der Waals surface area (Å²) in [6, 6.07) is 3.12. The van der Waals surface area contributed by atoms with Crippen LogP contribution in [0.4, 0.5) is 0 Å². The van der Waals surface area contributed by atoms with Gasteiger partial charge in [-0.2, -0.15) is 0 Å². The van der Waals surface area contributed by atoms with E-state index < -0.39 is 12.1 Å². The van der Waals surface area contributed by atoms with Gasteiger partial charge < -0.3 is 14.6 Å². The fraction of sp³-hybridized carbons (Fsp3) is 0.286. The Labute approximate surface area is 76.9 Å². The first-order chi connectivity index (χ1) is 5.59. The second kappa shape index (κ2) is 3.73. The molecule has 66 valence electrons. The highest BCUT2D eigenvalue weighted by atomic mass is 79.9. The second-order valence-corrected chi connectivity index (χ2v) is 3.04. The number of aliphatic hydroxyl groups is 1. The van der Waals surface area contributed by atoms with Crippen molar-refractivity contribution in [1.29, 1.82) is 0 Å². The van der Waals surface area contributed by atoms with Crippen LogP contribution < -0.4 is 0 Å². The zero-order valence-electron chi connectivity index (χ0n) is 6.03. The Bertz CT molecular complexity index is 281. The minimum atomic E-state index is -1.08. The quantitative estimate of drug-likeness (QED) is 0.833. The maximum absolute atomic E-state index is 10.2. The molecule has 1 rings (SSSR count). The molecule has 1 aromatic rings. The van der Waals surface area contributed by atoms with Crippen molar-refractivity contribution in [3.63, 3.8) is 0 Å². The van der Waals surface area contributed by atoms with Gasteiger partial charge in [0.05, 0.1) is 6.42 Å². The standard InChI is InChI=1S/C7H7BrO4/c8-6-2-1-5(12-6)4(9)3-7(10)11/h1-2,4,9H,3H2,(H,10,11). The third kappa shape index (κ3) is 2.35. The van der Waals surface area contributed by atoms with E-state index in [2.05, 4.69) is 15.9 Å². The van der Waals surface area contributed by atoms with E-state index in [1.54, 1.807) is 6.07 Å². The van der Waals surface area contributed by atoms with Crippen molar-refractivity contribution >= 4 is 21.9 Å². The Morgan fingerprint density at radius 3 is 2.75 bits per heavy atom. The minimum absolute atomic E-state index is 0.254. The average molecular weight is 235 g/mol. The molecule has 1 unspecified atom stereocenters. The van der Waals surface area contributed by atoms with E-state index in [9.17, 15) is 9.90 Å². The number of carboxylic acids is 1. The molecular weight excluding hydrogens is 228 g/mol. The molecule has 4 nitrogen and oxygen atoms in total. The van der Waals surface area contributed by atoms with Crippen molar-refractivity contribution in [2.24, 2.45) is 0 Å². The van der Waals surface area contributed by atoms with Crippen LogP contribution in [0.5, 0.6) is 0 Å². The fourth-order valence-corrected chi connectivity index (χ4v) is 1.09. The minimum Gasteiger partial charge on any atom is -0.481 e. The molecule has 0 aliphatic heterocycles. The first-order valence-electron chi connectivity index (χ1n) is 3.24. The summed E-state index contributed by atoms with van der Waals surface area (Å²) in [5, 5.41) is 17.5. The van der Waals surface area contributed by atoms with E-state index in [1.807, 2.05) is 0 Å². The van der Waals surface area contributed by atoms with E-state index in [-0.39, 0.29) is 12.2 Å². The van der Waals surface area contributed by atoms with Crippen molar-refractivity contribution in [2.45, 2.75) is 12.5 Å². The molecule has 12 heavy (non-hydrogen) atoms. The Hall–Kier alpha value is -0.810. The van der Waals surface area contributed by atoms with Crippen LogP contribution in [0.3, 0.4) is 0 Å². The number of aliphatic hydroxyl groups excluding tert-OH is 1. The molecule has 1 aromatic heterocycles. The summed E-state index contributed by atoms with van der Waals surface area (Å²) in [7, 11) is 0. The summed E-state index contributed by atoms with van der Waals surface area (Å²) < 4.78 is 5.42. The molecule has 1 atom stereocenters. The fourth-order valence-electron chi connectivity index (χ4n) is 0.773. The summed E-state index contributed by atoms with van der Waals surface area (Å²) in [5.74, 6) is -0.806. The number of aliphatic carboxylic acids is 1. The van der Waals surface area contributed by atoms with E-state index in [4.69, 9.17) is 9.52 Å². The lowest BCUT2D eigenvalue weighted by Gasteiger charge is -2.02. The average Bonchev–Trinajstić information content (AvgIpc) is 2.34. The van der Waals surface area contributed by atoms with Gasteiger partial charge in [-0.25, -0.2) is 0 Å². The molecule has 0 radical (unpaired) electrons. The zero-order chi connectivity index (χ0) is 9.14. The molecule has 0 amide bonds. The summed E-state index contributed by atoms with van der Waals surface area (Å²) in [6.45, 7) is 0. The van der Waals surface area contributed by atoms with E-state index in [0.29, 0.717) is 4.67 Å². The van der Waals surface area contributed by atoms with Gasteiger partial charge in [-0.15, -0.1) is 0 Å². The van der Waals surface area contributed by atoms with Crippen LogP contribution in [-0.4, -0.2) is 16.2 Å². The monoisotopic (exact) mass is 234 g/mol. The third-order valence-electron chi connectivity index (χ3n) is 1.29. The van der Waals surface area contributed by atoms with Gasteiger partial charge in [0.15, 0.2) is 4.67 Å². The van der Waals surface area contributed by atoms with Gasteiger partial charge in [-0.1, -0.05) is 0 Å². The SMILES string of the molecule is O=C(O)CC(O)c1ccc(Br)o1. The van der Waals surface area contributed by atoms with Crippen LogP contribution in [-0.2, 0) is 4.79 Å². The molecule has 2 N–H and O–H groups in total. The number of carboxylic acid groups (broad SMARTS) is 1. The third-order valence-corrected chi connectivity index (χ3v) is 1.72. The van der Waals surface area contributed by atoms with Gasteiger partial charge in [-0.05, 0) is 28.1 Å². The van der Waals surface area contributed by atoms with Crippen LogP contribution in [0.25, 0.3) is 0 Å². The molecular formula is C7H7BrO4. The molecule has 0 spiro atoms. The number of furan rings is 1. The smallest absolute Gasteiger partial charge is 0.306 e. The Morgan fingerprint density at radius 2 is 2.33 bits per heavy atom. The predicted octanol–water partition coefficient (Wildman–Crippen LogP) is 1.55. The first kappa shape index (κ1) is 9.28. The molecule has 1 heterocycles. The van der Waals surface area contributed by atoms with Crippen molar-refractivity contribution in [3.05, 3.63) is 22.6 Å². The Morgan fingerprint density at radius 1 is 1.67 bits per heavy atom. The van der Waals surface area contributed by atoms with Crippen LogP contribution in [0.1, 0.15) is 18.3 Å². The summed E-state index contributed by atoms with van der Waals surface area (Å²) in [5.41, 5.74) is 0. The molecule has 0 saturated heterocycles. The molecule has 5 heteroatoms. The molecule has 0 aromatic carbocycles. The number of carbonyl (C=O) groups is 1. The van der Waals surface area contributed by atoms with Gasteiger partial charge in [0.2, 0.25) is 0 Å². The van der Waals surface area contributed by atoms with Gasteiger partial charge in [0.25, 0.3) is 0 Å². The highest BCUT2D eigenvalue weighted by Crippen LogP contribution is 2.22. The zero-order valence-corrected chi connectivity index (χ0v) is 7.61. The van der Waals surface area contributed by atoms with Crippen molar-refractivity contribution in [2.75, 3.05) is 0 Å². The first-order valence-corrected chi connectivity index (χ1v) is 4.04. The van der Waals surface area contributed by atoms with Crippen LogP contribution in [0, 0.1) is 0 Å². The van der Waals surface area contributed by atoms with Crippen LogP contribution in [0.2, 0.25) is 0 Å². The number of hydrogen-bond acceptors (Lipinski definition) is 3. The van der Waals surface area contributed by atoms with Crippen LogP contribution >= 0.6 is 15.9 Å². The lowest BCUT2D eigenvalue weighted by molar-refractivity contribution is -0.139. The van der Waals surface area contributed by atoms with Gasteiger partial charge in [0.1, 0.15) is 11.9 Å². The second-order valence-electron chi connectivity index (χ2n) is 2.26. The van der Waals surface area contributed by atoms with E-state index >= 15 is 0 Å². The van der Waals surface area contributed by atoms with Crippen LogP contribution in [0.15, 0.2) is 21.2 Å². The Balaban J connectivity index is 2.64. The van der Waals surface area contributed by atoms with Gasteiger partial charge in [-0.3, -0.25) is 4.79 Å².